The third kappa shape index (κ3) is 6.14. The number of nitrogen functional groups attached to an aromatic ring is 1. The summed E-state index contributed by atoms with van der Waals surface area (Å²) >= 11 is 0. The first-order chi connectivity index (χ1) is 12.3. The van der Waals surface area contributed by atoms with Crippen LogP contribution >= 0.6 is 0 Å². The summed E-state index contributed by atoms with van der Waals surface area (Å²) in [6.45, 7) is 25.4. The number of hydrogen-bond donors (Lipinski definition) is 1. The highest BCUT2D eigenvalue weighted by Gasteiger charge is 2.15. The topological polar surface area (TPSA) is 29.3 Å². The van der Waals surface area contributed by atoms with E-state index in [1.807, 2.05) is 26.0 Å². The van der Waals surface area contributed by atoms with Crippen LogP contribution in [-0.2, 0) is 0 Å². The standard InChI is InChI=1S/C19H22N2.C3H6.C2H4/c1-6-16(5)21(17-9-7-8-13(2)10-17)19-12-14(3)18(20)11-15(19)4;1-3-2;1-2/h6-12H,1,5,20H2,2-4H3;3H,1H2,2H3;1-2H2. The molecule has 0 radical (unpaired) electrons. The van der Waals surface area contributed by atoms with E-state index in [4.69, 9.17) is 5.73 Å². The molecule has 2 aromatic rings. The van der Waals surface area contributed by atoms with Crippen molar-refractivity contribution in [1.82, 2.24) is 0 Å². The van der Waals surface area contributed by atoms with Crippen molar-refractivity contribution in [2.24, 2.45) is 0 Å². The molecular weight excluding hydrogens is 316 g/mol. The normalized spacial score (nSPS) is 8.92. The molecule has 2 heteroatoms. The lowest BCUT2D eigenvalue weighted by molar-refractivity contribution is 1.18. The predicted molar refractivity (Wildman–Crippen MR) is 120 cm³/mol. The quantitative estimate of drug-likeness (QED) is 0.365. The molecule has 0 fully saturated rings. The Morgan fingerprint density at radius 1 is 1.00 bits per heavy atom. The highest BCUT2D eigenvalue weighted by Crippen LogP contribution is 2.34. The van der Waals surface area contributed by atoms with Crippen LogP contribution in [0.1, 0.15) is 23.6 Å². The summed E-state index contributed by atoms with van der Waals surface area (Å²) in [7, 11) is 0. The third-order valence-electron chi connectivity index (χ3n) is 3.61. The Morgan fingerprint density at radius 2 is 1.58 bits per heavy atom. The number of hydrogen-bond acceptors (Lipinski definition) is 2. The zero-order chi connectivity index (χ0) is 20.3. The summed E-state index contributed by atoms with van der Waals surface area (Å²) in [6.07, 6.45) is 3.52. The van der Waals surface area contributed by atoms with E-state index in [9.17, 15) is 0 Å². The van der Waals surface area contributed by atoms with Crippen LogP contribution < -0.4 is 10.6 Å². The van der Waals surface area contributed by atoms with Crippen molar-refractivity contribution in [2.75, 3.05) is 10.6 Å². The van der Waals surface area contributed by atoms with E-state index < -0.39 is 0 Å². The second-order valence-corrected chi connectivity index (χ2v) is 5.77. The zero-order valence-electron chi connectivity index (χ0n) is 16.7. The van der Waals surface area contributed by atoms with Crippen molar-refractivity contribution in [1.29, 1.82) is 0 Å². The van der Waals surface area contributed by atoms with E-state index in [2.05, 4.69) is 75.9 Å². The SMILES string of the molecule is C=C.C=CC.C=CC(=C)N(c1cccc(C)c1)c1cc(C)c(N)cc1C. The molecule has 0 aliphatic heterocycles. The van der Waals surface area contributed by atoms with Crippen LogP contribution in [0.25, 0.3) is 0 Å². The highest BCUT2D eigenvalue weighted by molar-refractivity contribution is 5.75. The molecule has 0 heterocycles. The van der Waals surface area contributed by atoms with Crippen LogP contribution in [0, 0.1) is 20.8 Å². The van der Waals surface area contributed by atoms with Crippen molar-refractivity contribution in [3.63, 3.8) is 0 Å². The van der Waals surface area contributed by atoms with Gasteiger partial charge in [-0.1, -0.05) is 31.4 Å². The maximum Gasteiger partial charge on any atom is 0.0494 e. The Kier molecular flexibility index (Phi) is 10.2. The first-order valence-corrected chi connectivity index (χ1v) is 8.47. The van der Waals surface area contributed by atoms with Crippen molar-refractivity contribution in [3.05, 3.63) is 104 Å². The van der Waals surface area contributed by atoms with Crippen LogP contribution in [0.4, 0.5) is 17.1 Å². The van der Waals surface area contributed by atoms with Gasteiger partial charge in [0.05, 0.1) is 0 Å². The second kappa shape index (κ2) is 11.5. The van der Waals surface area contributed by atoms with E-state index >= 15 is 0 Å². The molecule has 0 aliphatic carbocycles. The van der Waals surface area contributed by atoms with Crippen molar-refractivity contribution in [2.45, 2.75) is 27.7 Å². The molecule has 0 aromatic heterocycles. The summed E-state index contributed by atoms with van der Waals surface area (Å²) in [5.41, 5.74) is 13.2. The van der Waals surface area contributed by atoms with Gasteiger partial charge in [0.2, 0.25) is 0 Å². The number of nitrogens with zero attached hydrogens (tertiary/aromatic N) is 1. The molecule has 0 amide bonds. The van der Waals surface area contributed by atoms with Crippen LogP contribution in [0.15, 0.2) is 87.1 Å². The summed E-state index contributed by atoms with van der Waals surface area (Å²) < 4.78 is 0. The minimum atomic E-state index is 0.810. The van der Waals surface area contributed by atoms with Crippen molar-refractivity contribution >= 4 is 17.1 Å². The van der Waals surface area contributed by atoms with Gasteiger partial charge in [-0.05, 0) is 74.7 Å². The van der Waals surface area contributed by atoms with Crippen molar-refractivity contribution in [3.8, 4) is 0 Å². The molecule has 0 atom stereocenters. The van der Waals surface area contributed by atoms with E-state index in [0.29, 0.717) is 0 Å². The Bertz CT molecular complexity index is 757. The average Bonchev–Trinajstić information content (AvgIpc) is 2.62. The number of allylic oxidation sites excluding steroid dienone is 2. The van der Waals surface area contributed by atoms with Crippen LogP contribution in [-0.4, -0.2) is 0 Å². The van der Waals surface area contributed by atoms with Gasteiger partial charge in [-0.2, -0.15) is 0 Å². The molecule has 0 unspecified atom stereocenters. The monoisotopic (exact) mass is 348 g/mol. The van der Waals surface area contributed by atoms with Gasteiger partial charge >= 0.3 is 0 Å². The number of benzene rings is 2. The van der Waals surface area contributed by atoms with Gasteiger partial charge in [-0.3, -0.25) is 0 Å². The number of rotatable bonds is 4. The summed E-state index contributed by atoms with van der Waals surface area (Å²) in [6, 6.07) is 12.4. The molecule has 138 valence electrons. The molecule has 0 aliphatic rings. The summed E-state index contributed by atoms with van der Waals surface area (Å²) in [5.74, 6) is 0. The fourth-order valence-electron chi connectivity index (χ4n) is 2.38. The number of anilines is 3. The van der Waals surface area contributed by atoms with Crippen LogP contribution in [0.5, 0.6) is 0 Å². The zero-order valence-corrected chi connectivity index (χ0v) is 16.7. The maximum absolute atomic E-state index is 6.00. The maximum atomic E-state index is 6.00. The summed E-state index contributed by atoms with van der Waals surface area (Å²) in [5, 5.41) is 0. The molecule has 2 nitrogen and oxygen atoms in total. The van der Waals surface area contributed by atoms with E-state index in [-0.39, 0.29) is 0 Å². The van der Waals surface area contributed by atoms with Gasteiger partial charge in [0.25, 0.3) is 0 Å². The lowest BCUT2D eigenvalue weighted by Gasteiger charge is -2.28. The molecule has 0 spiro atoms. The van der Waals surface area contributed by atoms with Crippen LogP contribution in [0.2, 0.25) is 0 Å². The Hall–Kier alpha value is -3.00. The predicted octanol–water partition coefficient (Wildman–Crippen LogP) is 7.03. The molecule has 0 saturated carbocycles. The fourth-order valence-corrected chi connectivity index (χ4v) is 2.38. The largest absolute Gasteiger partial charge is 0.399 e. The molecule has 0 saturated heterocycles. The lowest BCUT2D eigenvalue weighted by atomic mass is 10.1. The second-order valence-electron chi connectivity index (χ2n) is 5.77. The average molecular weight is 349 g/mol. The van der Waals surface area contributed by atoms with Crippen LogP contribution in [0.3, 0.4) is 0 Å². The van der Waals surface area contributed by atoms with Gasteiger partial charge in [0.1, 0.15) is 0 Å². The summed E-state index contributed by atoms with van der Waals surface area (Å²) in [4.78, 5) is 2.11. The Labute approximate surface area is 159 Å². The van der Waals surface area contributed by atoms with Gasteiger partial charge in [-0.25, -0.2) is 0 Å². The lowest BCUT2D eigenvalue weighted by Crippen LogP contribution is -2.16. The first kappa shape index (κ1) is 23.0. The van der Waals surface area contributed by atoms with Crippen molar-refractivity contribution < 1.29 is 0 Å². The molecule has 2 aromatic carbocycles. The minimum absolute atomic E-state index is 0.810. The first-order valence-electron chi connectivity index (χ1n) is 8.47. The smallest absolute Gasteiger partial charge is 0.0494 e. The molecule has 0 bridgehead atoms. The van der Waals surface area contributed by atoms with Gasteiger partial charge in [0.15, 0.2) is 0 Å². The van der Waals surface area contributed by atoms with E-state index in [1.54, 1.807) is 12.2 Å². The van der Waals surface area contributed by atoms with Gasteiger partial charge in [-0.15, -0.1) is 19.7 Å². The third-order valence-corrected chi connectivity index (χ3v) is 3.61. The Morgan fingerprint density at radius 3 is 2.08 bits per heavy atom. The Balaban J connectivity index is 0.00000113. The van der Waals surface area contributed by atoms with E-state index in [0.717, 1.165) is 33.9 Å². The molecule has 26 heavy (non-hydrogen) atoms. The number of nitrogens with two attached hydrogens (primary N) is 1. The van der Waals surface area contributed by atoms with E-state index in [1.165, 1.54) is 5.56 Å². The molecule has 2 rings (SSSR count). The van der Waals surface area contributed by atoms with Gasteiger partial charge in [0, 0.05) is 22.8 Å². The molecule has 2 N–H and O–H groups in total. The fraction of sp³-hybridized carbons (Fsp3) is 0.167. The molecular formula is C24H32N2. The highest BCUT2D eigenvalue weighted by atomic mass is 15.1. The minimum Gasteiger partial charge on any atom is -0.399 e. The van der Waals surface area contributed by atoms with Gasteiger partial charge < -0.3 is 10.6 Å². The number of aryl methyl sites for hydroxylation is 3.